The quantitative estimate of drug-likeness (QED) is 0.677. The van der Waals surface area contributed by atoms with Gasteiger partial charge in [0.1, 0.15) is 12.3 Å². The predicted octanol–water partition coefficient (Wildman–Crippen LogP) is 2.35. The molecule has 3 aromatic rings. The van der Waals surface area contributed by atoms with Crippen LogP contribution >= 0.6 is 0 Å². The lowest BCUT2D eigenvalue weighted by Gasteiger charge is -2.09. The maximum Gasteiger partial charge on any atom is 0.264 e. The van der Waals surface area contributed by atoms with Crippen LogP contribution in [0.2, 0.25) is 0 Å². The lowest BCUT2D eigenvalue weighted by molar-refractivity contribution is 0.132. The molecule has 4 heteroatoms. The highest BCUT2D eigenvalue weighted by Gasteiger charge is 2.11. The van der Waals surface area contributed by atoms with Gasteiger partial charge in [0.2, 0.25) is 0 Å². The highest BCUT2D eigenvalue weighted by molar-refractivity contribution is 6.01. The first-order valence-corrected chi connectivity index (χ1v) is 5.30. The Hall–Kier alpha value is -2.07. The van der Waals surface area contributed by atoms with Gasteiger partial charge in [-0.05, 0) is 18.2 Å². The van der Waals surface area contributed by atoms with E-state index < -0.39 is 0 Å². The molecular formula is C13H11NO3. The number of hydrogen-bond donors (Lipinski definition) is 0. The van der Waals surface area contributed by atoms with Crippen molar-refractivity contribution in [3.63, 3.8) is 0 Å². The number of ether oxygens (including phenoxy) is 1. The monoisotopic (exact) mass is 229 g/mol. The molecule has 0 aliphatic heterocycles. The van der Waals surface area contributed by atoms with E-state index in [1.165, 1.54) is 6.26 Å². The number of aromatic nitrogens is 1. The van der Waals surface area contributed by atoms with Crippen molar-refractivity contribution in [2.45, 2.75) is 6.73 Å². The zero-order chi connectivity index (χ0) is 11.8. The van der Waals surface area contributed by atoms with E-state index in [0.717, 1.165) is 10.9 Å². The lowest BCUT2D eigenvalue weighted by Crippen LogP contribution is -2.21. The third-order valence-electron chi connectivity index (χ3n) is 2.84. The number of nitrogens with zero attached hydrogens (tertiary/aromatic N) is 1. The number of para-hydroxylation sites is 1. The van der Waals surface area contributed by atoms with Crippen LogP contribution in [0.5, 0.6) is 0 Å². The number of furan rings is 1. The minimum absolute atomic E-state index is 0.0886. The molecule has 1 aromatic carbocycles. The van der Waals surface area contributed by atoms with Crippen molar-refractivity contribution in [2.24, 2.45) is 0 Å². The van der Waals surface area contributed by atoms with E-state index in [4.69, 9.17) is 9.15 Å². The van der Waals surface area contributed by atoms with Crippen LogP contribution in [-0.4, -0.2) is 11.7 Å². The number of hydrogen-bond acceptors (Lipinski definition) is 3. The van der Waals surface area contributed by atoms with E-state index >= 15 is 0 Å². The van der Waals surface area contributed by atoms with Crippen LogP contribution in [-0.2, 0) is 11.5 Å². The Morgan fingerprint density at radius 3 is 2.88 bits per heavy atom. The zero-order valence-electron chi connectivity index (χ0n) is 9.34. The normalized spacial score (nSPS) is 11.4. The van der Waals surface area contributed by atoms with Crippen LogP contribution in [0.15, 0.2) is 45.8 Å². The van der Waals surface area contributed by atoms with Crippen LogP contribution in [0.3, 0.4) is 0 Å². The van der Waals surface area contributed by atoms with Crippen LogP contribution in [0.25, 0.3) is 21.9 Å². The van der Waals surface area contributed by atoms with Gasteiger partial charge in [-0.1, -0.05) is 12.1 Å². The van der Waals surface area contributed by atoms with Crippen LogP contribution in [0.1, 0.15) is 0 Å². The molecule has 2 heterocycles. The van der Waals surface area contributed by atoms with Gasteiger partial charge in [0.05, 0.1) is 17.2 Å². The van der Waals surface area contributed by atoms with Gasteiger partial charge in [0.15, 0.2) is 0 Å². The van der Waals surface area contributed by atoms with E-state index in [-0.39, 0.29) is 12.3 Å². The summed E-state index contributed by atoms with van der Waals surface area (Å²) in [5.41, 5.74) is 1.37. The fourth-order valence-electron chi connectivity index (χ4n) is 2.10. The van der Waals surface area contributed by atoms with Gasteiger partial charge in [0, 0.05) is 12.5 Å². The molecule has 0 bridgehead atoms. The topological polar surface area (TPSA) is 44.4 Å². The Bertz CT molecular complexity index is 739. The van der Waals surface area contributed by atoms with Crippen molar-refractivity contribution >= 4 is 21.9 Å². The fraction of sp³-hybridized carbons (Fsp3) is 0.154. The van der Waals surface area contributed by atoms with Gasteiger partial charge in [-0.2, -0.15) is 0 Å². The highest BCUT2D eigenvalue weighted by atomic mass is 16.5. The molecule has 0 fully saturated rings. The van der Waals surface area contributed by atoms with E-state index in [2.05, 4.69) is 0 Å². The Kier molecular flexibility index (Phi) is 2.23. The van der Waals surface area contributed by atoms with Gasteiger partial charge in [-0.15, -0.1) is 0 Å². The van der Waals surface area contributed by atoms with Gasteiger partial charge < -0.3 is 9.15 Å². The molecule has 0 amide bonds. The highest BCUT2D eigenvalue weighted by Crippen LogP contribution is 2.23. The predicted molar refractivity (Wildman–Crippen MR) is 65.0 cm³/mol. The first-order valence-electron chi connectivity index (χ1n) is 5.30. The van der Waals surface area contributed by atoms with Crippen LogP contribution < -0.4 is 5.56 Å². The summed E-state index contributed by atoms with van der Waals surface area (Å²) < 4.78 is 12.1. The maximum absolute atomic E-state index is 12.2. The molecule has 0 atom stereocenters. The molecule has 4 nitrogen and oxygen atoms in total. The maximum atomic E-state index is 12.2. The summed E-state index contributed by atoms with van der Waals surface area (Å²) in [6.45, 7) is 0.237. The summed E-state index contributed by atoms with van der Waals surface area (Å²) in [5, 5.41) is 1.50. The molecule has 0 spiro atoms. The summed E-state index contributed by atoms with van der Waals surface area (Å²) >= 11 is 0. The molecule has 0 N–H and O–H groups in total. The molecule has 0 aliphatic carbocycles. The third-order valence-corrected chi connectivity index (χ3v) is 2.84. The van der Waals surface area contributed by atoms with Crippen molar-refractivity contribution in [1.82, 2.24) is 4.57 Å². The van der Waals surface area contributed by atoms with E-state index in [1.807, 2.05) is 24.3 Å². The smallest absolute Gasteiger partial charge is 0.264 e. The van der Waals surface area contributed by atoms with Crippen molar-refractivity contribution in [3.05, 3.63) is 46.9 Å². The number of methoxy groups -OCH3 is 1. The standard InChI is InChI=1S/C13H11NO3/c1-16-8-14-11-5-3-2-4-9(11)12-10(13(14)15)6-7-17-12/h2-7H,8H2,1H3. The van der Waals surface area contributed by atoms with Gasteiger partial charge >= 0.3 is 0 Å². The second kappa shape index (κ2) is 3.75. The Balaban J connectivity index is 2.57. The zero-order valence-corrected chi connectivity index (χ0v) is 9.34. The number of pyridine rings is 1. The molecule has 2 aromatic heterocycles. The van der Waals surface area contributed by atoms with E-state index in [9.17, 15) is 4.79 Å². The average molecular weight is 229 g/mol. The molecular weight excluding hydrogens is 218 g/mol. The summed E-state index contributed by atoms with van der Waals surface area (Å²) in [6.07, 6.45) is 1.54. The second-order valence-electron chi connectivity index (χ2n) is 3.83. The summed E-state index contributed by atoms with van der Waals surface area (Å²) in [6, 6.07) is 9.33. The van der Waals surface area contributed by atoms with Crippen LogP contribution in [0, 0.1) is 0 Å². The minimum atomic E-state index is -0.0886. The molecule has 0 unspecified atom stereocenters. The molecule has 86 valence electrons. The fourth-order valence-corrected chi connectivity index (χ4v) is 2.10. The summed E-state index contributed by atoms with van der Waals surface area (Å²) in [7, 11) is 1.57. The molecule has 0 aliphatic rings. The van der Waals surface area contributed by atoms with Crippen molar-refractivity contribution in [3.8, 4) is 0 Å². The minimum Gasteiger partial charge on any atom is -0.463 e. The first kappa shape index (κ1) is 10.1. The first-order chi connectivity index (χ1) is 8.33. The van der Waals surface area contributed by atoms with Crippen molar-refractivity contribution < 1.29 is 9.15 Å². The number of benzene rings is 1. The average Bonchev–Trinajstić information content (AvgIpc) is 2.84. The molecule has 0 radical (unpaired) electrons. The van der Waals surface area contributed by atoms with Gasteiger partial charge in [-0.25, -0.2) is 0 Å². The van der Waals surface area contributed by atoms with Gasteiger partial charge in [-0.3, -0.25) is 9.36 Å². The van der Waals surface area contributed by atoms with Crippen molar-refractivity contribution in [1.29, 1.82) is 0 Å². The largest absolute Gasteiger partial charge is 0.463 e. The third kappa shape index (κ3) is 1.38. The molecule has 3 rings (SSSR count). The Morgan fingerprint density at radius 2 is 2.06 bits per heavy atom. The summed E-state index contributed by atoms with van der Waals surface area (Å²) in [4.78, 5) is 12.2. The van der Waals surface area contributed by atoms with E-state index in [0.29, 0.717) is 11.0 Å². The Labute approximate surface area is 97.0 Å². The number of rotatable bonds is 2. The molecule has 0 saturated heterocycles. The van der Waals surface area contributed by atoms with Crippen molar-refractivity contribution in [2.75, 3.05) is 7.11 Å². The Morgan fingerprint density at radius 1 is 1.24 bits per heavy atom. The summed E-state index contributed by atoms with van der Waals surface area (Å²) in [5.74, 6) is 0. The molecule has 17 heavy (non-hydrogen) atoms. The lowest BCUT2D eigenvalue weighted by atomic mass is 10.1. The second-order valence-corrected chi connectivity index (χ2v) is 3.83. The molecule has 0 saturated carbocycles. The van der Waals surface area contributed by atoms with Crippen LogP contribution in [0.4, 0.5) is 0 Å². The van der Waals surface area contributed by atoms with Gasteiger partial charge in [0.25, 0.3) is 5.56 Å². The number of fused-ring (bicyclic) bond motifs is 3. The SMILES string of the molecule is COCn1c(=O)c2ccoc2c2ccccc21. The van der Waals surface area contributed by atoms with E-state index in [1.54, 1.807) is 17.7 Å².